The third kappa shape index (κ3) is 4.45. The zero-order chi connectivity index (χ0) is 10.6. The number of hydrogen-bond acceptors (Lipinski definition) is 2. The van der Waals surface area contributed by atoms with Gasteiger partial charge in [-0.2, -0.15) is 0 Å². The average Bonchev–Trinajstić information content (AvgIpc) is 1.99. The molecule has 0 rings (SSSR count). The number of quaternary nitrogens is 1. The Morgan fingerprint density at radius 1 is 1.31 bits per heavy atom. The maximum atomic E-state index is 10.8. The maximum absolute atomic E-state index is 10.8. The number of rotatable bonds is 3. The molecule has 0 N–H and O–H groups in total. The Morgan fingerprint density at radius 3 is 2.08 bits per heavy atom. The van der Waals surface area contributed by atoms with Crippen molar-refractivity contribution in [1.29, 1.82) is 0 Å². The van der Waals surface area contributed by atoms with E-state index in [1.165, 1.54) is 4.90 Å². The molecule has 0 aromatic rings. The van der Waals surface area contributed by atoms with Crippen LogP contribution in [0.15, 0.2) is 0 Å². The van der Waals surface area contributed by atoms with Gasteiger partial charge in [0.1, 0.15) is 6.54 Å². The molecule has 0 bridgehead atoms. The molecule has 0 saturated heterocycles. The maximum Gasteiger partial charge on any atom is 0.411 e. The van der Waals surface area contributed by atoms with Crippen molar-refractivity contribution >= 4 is 33.9 Å². The van der Waals surface area contributed by atoms with Crippen LogP contribution in [0.1, 0.15) is 0 Å². The van der Waals surface area contributed by atoms with Crippen molar-refractivity contribution < 1.29 is 14.1 Å². The molecule has 4 nitrogen and oxygen atoms in total. The molecule has 76 valence electrons. The van der Waals surface area contributed by atoms with E-state index in [0.29, 0.717) is 13.1 Å². The van der Waals surface area contributed by atoms with Gasteiger partial charge in [-0.15, -0.1) is 0 Å². The molecule has 0 spiro atoms. The Kier molecular flexibility index (Phi) is 4.67. The van der Waals surface area contributed by atoms with E-state index >= 15 is 0 Å². The summed E-state index contributed by atoms with van der Waals surface area (Å²) in [7, 11) is 4.90. The van der Waals surface area contributed by atoms with Crippen LogP contribution >= 0.6 is 23.2 Å². The van der Waals surface area contributed by atoms with E-state index in [-0.39, 0.29) is 4.48 Å². The summed E-state index contributed by atoms with van der Waals surface area (Å²) < 4.78 is 0.0239. The van der Waals surface area contributed by atoms with E-state index < -0.39 is 10.7 Å². The van der Waals surface area contributed by atoms with Gasteiger partial charge >= 0.3 is 10.7 Å². The van der Waals surface area contributed by atoms with Crippen LogP contribution in [-0.4, -0.2) is 54.3 Å². The van der Waals surface area contributed by atoms with E-state index in [2.05, 4.69) is 0 Å². The van der Waals surface area contributed by atoms with Gasteiger partial charge in [0.15, 0.2) is 0 Å². The lowest BCUT2D eigenvalue weighted by Gasteiger charge is -2.25. The number of likely N-dealkylation sites (N-methyl/N-ethyl adjacent to an activating group) is 2. The lowest BCUT2D eigenvalue weighted by molar-refractivity contribution is -0.802. The Balaban J connectivity index is 4.02. The number of hydrogen-bond donors (Lipinski definition) is 0. The normalized spacial score (nSPS) is 11.2. The molecule has 2 amide bonds. The van der Waals surface area contributed by atoms with Gasteiger partial charge in [-0.25, -0.2) is 9.28 Å². The molecular weight excluding hydrogens is 215 g/mol. The minimum absolute atomic E-state index is 0.0239. The van der Waals surface area contributed by atoms with Crippen LogP contribution in [0.25, 0.3) is 0 Å². The van der Waals surface area contributed by atoms with Crippen molar-refractivity contribution in [1.82, 2.24) is 4.90 Å². The first-order valence-electron chi connectivity index (χ1n) is 3.71. The third-order valence-electron chi connectivity index (χ3n) is 1.77. The van der Waals surface area contributed by atoms with Crippen molar-refractivity contribution in [2.45, 2.75) is 0 Å². The molecule has 6 heteroatoms. The minimum atomic E-state index is -0.540. The number of amides is 2. The van der Waals surface area contributed by atoms with E-state index in [0.717, 1.165) is 0 Å². The molecule has 0 aromatic heterocycles. The molecule has 0 atom stereocenters. The fourth-order valence-electron chi connectivity index (χ4n) is 0.576. The molecule has 0 heterocycles. The topological polar surface area (TPSA) is 37.4 Å². The minimum Gasteiger partial charge on any atom is -0.327 e. The predicted octanol–water partition coefficient (Wildman–Crippen LogP) is 1.71. The summed E-state index contributed by atoms with van der Waals surface area (Å²) >= 11 is 10.5. The predicted molar refractivity (Wildman–Crippen MR) is 52.1 cm³/mol. The Bertz CT molecular complexity index is 219. The van der Waals surface area contributed by atoms with E-state index in [1.807, 2.05) is 0 Å². The largest absolute Gasteiger partial charge is 0.411 e. The zero-order valence-corrected chi connectivity index (χ0v) is 9.39. The van der Waals surface area contributed by atoms with Crippen molar-refractivity contribution in [3.63, 3.8) is 0 Å². The molecule has 0 aliphatic rings. The second-order valence-corrected chi connectivity index (χ2v) is 3.98. The molecule has 0 aromatic carbocycles. The number of halogens is 2. The summed E-state index contributed by atoms with van der Waals surface area (Å²) in [5.74, 6) is 0. The van der Waals surface area contributed by atoms with Crippen molar-refractivity contribution in [3.8, 4) is 0 Å². The number of carbonyl (C=O) groups is 2. The van der Waals surface area contributed by atoms with Crippen LogP contribution in [0, 0.1) is 0 Å². The smallest absolute Gasteiger partial charge is 0.327 e. The van der Waals surface area contributed by atoms with Gasteiger partial charge in [0.25, 0.3) is 0 Å². The fraction of sp³-hybridized carbons (Fsp3) is 0.714. The summed E-state index contributed by atoms with van der Waals surface area (Å²) in [6.07, 6.45) is 0. The van der Waals surface area contributed by atoms with Gasteiger partial charge in [-0.1, -0.05) is 0 Å². The SMILES string of the molecule is CN(CC[N+](C)(C)C(=O)Cl)C(=O)Cl. The second kappa shape index (κ2) is 4.79. The molecular formula is C7H13Cl2N2O2+. The van der Waals surface area contributed by atoms with Gasteiger partial charge in [-0.05, 0) is 11.6 Å². The summed E-state index contributed by atoms with van der Waals surface area (Å²) in [6.45, 7) is 0.838. The van der Waals surface area contributed by atoms with Crippen LogP contribution in [0.4, 0.5) is 9.59 Å². The van der Waals surface area contributed by atoms with E-state index in [4.69, 9.17) is 23.2 Å². The molecule has 0 aliphatic heterocycles. The third-order valence-corrected chi connectivity index (χ3v) is 2.52. The van der Waals surface area contributed by atoms with Gasteiger partial charge < -0.3 is 4.90 Å². The van der Waals surface area contributed by atoms with Gasteiger partial charge in [0, 0.05) is 18.6 Å². The van der Waals surface area contributed by atoms with Crippen LogP contribution < -0.4 is 0 Å². The van der Waals surface area contributed by atoms with Crippen LogP contribution in [0.3, 0.4) is 0 Å². The summed E-state index contributed by atoms with van der Waals surface area (Å²) in [6, 6.07) is 0. The first-order valence-corrected chi connectivity index (χ1v) is 4.46. The first kappa shape index (κ1) is 12.7. The quantitative estimate of drug-likeness (QED) is 0.419. The Hall–Kier alpha value is -0.320. The molecule has 0 fully saturated rings. The molecule has 0 aliphatic carbocycles. The Morgan fingerprint density at radius 2 is 1.77 bits per heavy atom. The highest BCUT2D eigenvalue weighted by atomic mass is 35.5. The van der Waals surface area contributed by atoms with Crippen molar-refractivity contribution in [2.24, 2.45) is 0 Å². The highest BCUT2D eigenvalue weighted by molar-refractivity contribution is 6.62. The Labute approximate surface area is 87.6 Å². The van der Waals surface area contributed by atoms with Crippen LogP contribution in [0.5, 0.6) is 0 Å². The highest BCUT2D eigenvalue weighted by Crippen LogP contribution is 2.04. The molecule has 0 unspecified atom stereocenters. The number of nitrogens with zero attached hydrogens (tertiary/aromatic N) is 2. The number of carbonyl (C=O) groups excluding carboxylic acids is 2. The van der Waals surface area contributed by atoms with Gasteiger partial charge in [0.2, 0.25) is 0 Å². The zero-order valence-electron chi connectivity index (χ0n) is 7.88. The summed E-state index contributed by atoms with van der Waals surface area (Å²) in [5, 5.41) is -1.00. The van der Waals surface area contributed by atoms with Gasteiger partial charge in [0.05, 0.1) is 20.6 Å². The standard InChI is InChI=1S/C7H13Cl2N2O2/c1-10(6(8)12)4-5-11(2,3)7(9)13/h4-5H2,1-3H3/q+1. The van der Waals surface area contributed by atoms with Crippen LogP contribution in [-0.2, 0) is 0 Å². The lowest BCUT2D eigenvalue weighted by Crippen LogP contribution is -2.46. The van der Waals surface area contributed by atoms with Crippen LogP contribution in [0.2, 0.25) is 0 Å². The average molecular weight is 228 g/mol. The molecule has 0 saturated carbocycles. The second-order valence-electron chi connectivity index (χ2n) is 3.34. The summed E-state index contributed by atoms with van der Waals surface area (Å²) in [5.41, 5.74) is 0. The first-order chi connectivity index (χ1) is 5.77. The lowest BCUT2D eigenvalue weighted by atomic mass is 10.5. The highest BCUT2D eigenvalue weighted by Gasteiger charge is 2.24. The molecule has 0 radical (unpaired) electrons. The van der Waals surface area contributed by atoms with Gasteiger partial charge in [-0.3, -0.25) is 4.79 Å². The monoisotopic (exact) mass is 227 g/mol. The summed E-state index contributed by atoms with van der Waals surface area (Å²) in [4.78, 5) is 22.8. The fourth-order valence-corrected chi connectivity index (χ4v) is 0.745. The van der Waals surface area contributed by atoms with E-state index in [9.17, 15) is 9.59 Å². The van der Waals surface area contributed by atoms with Crippen molar-refractivity contribution in [2.75, 3.05) is 34.2 Å². The van der Waals surface area contributed by atoms with Crippen molar-refractivity contribution in [3.05, 3.63) is 0 Å². The molecule has 13 heavy (non-hydrogen) atoms. The van der Waals surface area contributed by atoms with E-state index in [1.54, 1.807) is 21.1 Å².